The highest BCUT2D eigenvalue weighted by Gasteiger charge is 2.17. The minimum Gasteiger partial charge on any atom is -0.493 e. The van der Waals surface area contributed by atoms with Crippen molar-refractivity contribution in [2.24, 2.45) is 0 Å². The maximum atomic E-state index is 12.6. The summed E-state index contributed by atoms with van der Waals surface area (Å²) in [6, 6.07) is 11.1. The van der Waals surface area contributed by atoms with Crippen LogP contribution in [-0.4, -0.2) is 58.4 Å². The van der Waals surface area contributed by atoms with Gasteiger partial charge < -0.3 is 24.3 Å². The van der Waals surface area contributed by atoms with E-state index in [9.17, 15) is 4.79 Å². The molecule has 1 N–H and O–H groups in total. The van der Waals surface area contributed by atoms with Gasteiger partial charge in [-0.2, -0.15) is 0 Å². The Kier molecular flexibility index (Phi) is 8.41. The van der Waals surface area contributed by atoms with Gasteiger partial charge in [0, 0.05) is 18.7 Å². The molecule has 0 aliphatic carbocycles. The van der Waals surface area contributed by atoms with E-state index in [-0.39, 0.29) is 5.91 Å². The van der Waals surface area contributed by atoms with Crippen molar-refractivity contribution < 1.29 is 23.7 Å². The van der Waals surface area contributed by atoms with Crippen LogP contribution in [0.15, 0.2) is 36.4 Å². The number of methoxy groups -OCH3 is 3. The Hall–Kier alpha value is -2.93. The molecule has 1 aliphatic rings. The number of nitrogens with one attached hydrogen (secondary N) is 1. The van der Waals surface area contributed by atoms with Gasteiger partial charge in [0.1, 0.15) is 12.4 Å². The molecule has 168 valence electrons. The van der Waals surface area contributed by atoms with Crippen molar-refractivity contribution in [1.29, 1.82) is 0 Å². The highest BCUT2D eigenvalue weighted by atomic mass is 16.5. The SMILES string of the molecule is COc1cc(C(=O)NCc2ccc(OCCN3CCCCC3)cc2)cc(OC)c1OC. The van der Waals surface area contributed by atoms with Crippen LogP contribution in [0.2, 0.25) is 0 Å². The van der Waals surface area contributed by atoms with Gasteiger partial charge in [-0.25, -0.2) is 0 Å². The summed E-state index contributed by atoms with van der Waals surface area (Å²) >= 11 is 0. The average molecular weight is 429 g/mol. The molecule has 2 aromatic rings. The van der Waals surface area contributed by atoms with Crippen molar-refractivity contribution in [2.75, 3.05) is 47.6 Å². The van der Waals surface area contributed by atoms with Gasteiger partial charge in [-0.15, -0.1) is 0 Å². The normalized spacial score (nSPS) is 14.0. The Labute approximate surface area is 184 Å². The smallest absolute Gasteiger partial charge is 0.251 e. The quantitative estimate of drug-likeness (QED) is 0.625. The lowest BCUT2D eigenvalue weighted by Crippen LogP contribution is -2.33. The van der Waals surface area contributed by atoms with Gasteiger partial charge in [-0.05, 0) is 55.8 Å². The molecule has 7 nitrogen and oxygen atoms in total. The van der Waals surface area contributed by atoms with Gasteiger partial charge in [-0.1, -0.05) is 18.6 Å². The molecule has 1 amide bonds. The molecule has 1 saturated heterocycles. The Balaban J connectivity index is 1.51. The third-order valence-electron chi connectivity index (χ3n) is 5.43. The van der Waals surface area contributed by atoms with Crippen LogP contribution in [0.25, 0.3) is 0 Å². The molecule has 3 rings (SSSR count). The summed E-state index contributed by atoms with van der Waals surface area (Å²) in [6.45, 7) is 4.41. The first-order valence-corrected chi connectivity index (χ1v) is 10.7. The summed E-state index contributed by atoms with van der Waals surface area (Å²) in [4.78, 5) is 15.1. The van der Waals surface area contributed by atoms with Crippen molar-refractivity contribution in [3.05, 3.63) is 47.5 Å². The standard InChI is InChI=1S/C24H32N2O5/c1-28-21-15-19(16-22(29-2)23(21)30-3)24(27)25-17-18-7-9-20(10-8-18)31-14-13-26-11-5-4-6-12-26/h7-10,15-16H,4-6,11-14,17H2,1-3H3,(H,25,27). The number of amides is 1. The fourth-order valence-electron chi connectivity index (χ4n) is 3.68. The first kappa shape index (κ1) is 22.7. The van der Waals surface area contributed by atoms with Crippen LogP contribution < -0.4 is 24.3 Å². The maximum absolute atomic E-state index is 12.6. The molecule has 0 radical (unpaired) electrons. The Morgan fingerprint density at radius 3 is 2.16 bits per heavy atom. The van der Waals surface area contributed by atoms with Crippen LogP contribution in [-0.2, 0) is 6.54 Å². The van der Waals surface area contributed by atoms with E-state index >= 15 is 0 Å². The van der Waals surface area contributed by atoms with E-state index in [4.69, 9.17) is 18.9 Å². The molecule has 0 atom stereocenters. The number of rotatable bonds is 10. The topological polar surface area (TPSA) is 69.3 Å². The van der Waals surface area contributed by atoms with Crippen molar-refractivity contribution in [1.82, 2.24) is 10.2 Å². The number of carbonyl (C=O) groups is 1. The third kappa shape index (κ3) is 6.28. The lowest BCUT2D eigenvalue weighted by molar-refractivity contribution is 0.0950. The van der Waals surface area contributed by atoms with Crippen molar-refractivity contribution in [2.45, 2.75) is 25.8 Å². The monoisotopic (exact) mass is 428 g/mol. The van der Waals surface area contributed by atoms with Gasteiger partial charge in [-0.3, -0.25) is 9.69 Å². The molecule has 7 heteroatoms. The molecule has 0 bridgehead atoms. The van der Waals surface area contributed by atoms with Gasteiger partial charge in [0.25, 0.3) is 5.91 Å². The second-order valence-electron chi connectivity index (χ2n) is 7.49. The molecule has 2 aromatic carbocycles. The third-order valence-corrected chi connectivity index (χ3v) is 5.43. The number of hydrogen-bond donors (Lipinski definition) is 1. The van der Waals surface area contributed by atoms with E-state index in [2.05, 4.69) is 10.2 Å². The van der Waals surface area contributed by atoms with E-state index in [0.29, 0.717) is 36.0 Å². The predicted molar refractivity (Wildman–Crippen MR) is 119 cm³/mol. The largest absolute Gasteiger partial charge is 0.493 e. The number of carbonyl (C=O) groups excluding carboxylic acids is 1. The number of likely N-dealkylation sites (tertiary alicyclic amines) is 1. The van der Waals surface area contributed by atoms with Crippen LogP contribution in [0.3, 0.4) is 0 Å². The zero-order valence-corrected chi connectivity index (χ0v) is 18.6. The zero-order valence-electron chi connectivity index (χ0n) is 18.6. The summed E-state index contributed by atoms with van der Waals surface area (Å²) in [7, 11) is 4.57. The number of piperidine rings is 1. The molecule has 0 aromatic heterocycles. The summed E-state index contributed by atoms with van der Waals surface area (Å²) < 4.78 is 21.8. The van der Waals surface area contributed by atoms with Gasteiger partial charge in [0.2, 0.25) is 5.75 Å². The molecule has 0 spiro atoms. The number of benzene rings is 2. The van der Waals surface area contributed by atoms with Crippen molar-refractivity contribution >= 4 is 5.91 Å². The molecular weight excluding hydrogens is 396 g/mol. The van der Waals surface area contributed by atoms with Crippen molar-refractivity contribution in [3.8, 4) is 23.0 Å². The van der Waals surface area contributed by atoms with Crippen LogP contribution in [0, 0.1) is 0 Å². The fraction of sp³-hybridized carbons (Fsp3) is 0.458. The van der Waals surface area contributed by atoms with E-state index in [1.807, 2.05) is 24.3 Å². The van der Waals surface area contributed by atoms with Gasteiger partial charge in [0.05, 0.1) is 21.3 Å². The van der Waals surface area contributed by atoms with Gasteiger partial charge in [0.15, 0.2) is 11.5 Å². The van der Waals surface area contributed by atoms with Crippen LogP contribution in [0.1, 0.15) is 35.2 Å². The molecule has 1 fully saturated rings. The highest BCUT2D eigenvalue weighted by molar-refractivity contribution is 5.95. The Bertz CT molecular complexity index is 823. The van der Waals surface area contributed by atoms with E-state index in [1.54, 1.807) is 12.1 Å². The predicted octanol–water partition coefficient (Wildman–Crippen LogP) is 3.51. The number of ether oxygens (including phenoxy) is 4. The van der Waals surface area contributed by atoms with Crippen LogP contribution >= 0.6 is 0 Å². The zero-order chi connectivity index (χ0) is 22.1. The minimum atomic E-state index is -0.221. The van der Waals surface area contributed by atoms with Crippen LogP contribution in [0.5, 0.6) is 23.0 Å². The lowest BCUT2D eigenvalue weighted by Gasteiger charge is -2.26. The summed E-state index contributed by atoms with van der Waals surface area (Å²) in [5.74, 6) is 1.96. The van der Waals surface area contributed by atoms with Gasteiger partial charge >= 0.3 is 0 Å². The fourth-order valence-corrected chi connectivity index (χ4v) is 3.68. The van der Waals surface area contributed by atoms with E-state index in [1.165, 1.54) is 53.7 Å². The first-order chi connectivity index (χ1) is 15.1. The Morgan fingerprint density at radius 1 is 0.935 bits per heavy atom. The number of hydrogen-bond acceptors (Lipinski definition) is 6. The van der Waals surface area contributed by atoms with E-state index in [0.717, 1.165) is 17.9 Å². The lowest BCUT2D eigenvalue weighted by atomic mass is 10.1. The average Bonchev–Trinajstić information content (AvgIpc) is 2.83. The second kappa shape index (κ2) is 11.5. The molecule has 1 heterocycles. The second-order valence-corrected chi connectivity index (χ2v) is 7.49. The minimum absolute atomic E-state index is 0.221. The molecule has 1 aliphatic heterocycles. The molecule has 31 heavy (non-hydrogen) atoms. The molecule has 0 saturated carbocycles. The molecule has 0 unspecified atom stereocenters. The first-order valence-electron chi connectivity index (χ1n) is 10.7. The number of nitrogens with zero attached hydrogens (tertiary/aromatic N) is 1. The van der Waals surface area contributed by atoms with Crippen molar-refractivity contribution in [3.63, 3.8) is 0 Å². The summed E-state index contributed by atoms with van der Waals surface area (Å²) in [6.07, 6.45) is 3.92. The summed E-state index contributed by atoms with van der Waals surface area (Å²) in [5.41, 5.74) is 1.43. The summed E-state index contributed by atoms with van der Waals surface area (Å²) in [5, 5.41) is 2.92. The van der Waals surface area contributed by atoms with E-state index < -0.39 is 0 Å². The maximum Gasteiger partial charge on any atom is 0.251 e. The Morgan fingerprint density at radius 2 is 1.58 bits per heavy atom. The molecular formula is C24H32N2O5. The highest BCUT2D eigenvalue weighted by Crippen LogP contribution is 2.38. The van der Waals surface area contributed by atoms with Crippen LogP contribution in [0.4, 0.5) is 0 Å².